The van der Waals surface area contributed by atoms with Gasteiger partial charge >= 0.3 is 5.97 Å². The summed E-state index contributed by atoms with van der Waals surface area (Å²) in [5.41, 5.74) is 5.38. The molecular formula is C32H37ClN4O5S. The van der Waals surface area contributed by atoms with E-state index >= 15 is 0 Å². The van der Waals surface area contributed by atoms with Crippen molar-refractivity contribution in [1.82, 2.24) is 9.88 Å². The van der Waals surface area contributed by atoms with Gasteiger partial charge in [0, 0.05) is 49.5 Å². The van der Waals surface area contributed by atoms with Gasteiger partial charge in [-0.2, -0.15) is 0 Å². The second kappa shape index (κ2) is 12.6. The summed E-state index contributed by atoms with van der Waals surface area (Å²) < 4.78 is 31.1. The molecule has 1 aliphatic heterocycles. The lowest BCUT2D eigenvalue weighted by Gasteiger charge is -2.39. The van der Waals surface area contributed by atoms with Gasteiger partial charge in [0.05, 0.1) is 12.5 Å². The molecule has 0 atom stereocenters. The number of nitrogens with zero attached hydrogens (tertiary/aromatic N) is 3. The van der Waals surface area contributed by atoms with E-state index in [1.54, 1.807) is 12.1 Å². The van der Waals surface area contributed by atoms with Crippen LogP contribution in [0.2, 0.25) is 5.02 Å². The number of pyridine rings is 1. The van der Waals surface area contributed by atoms with Crippen molar-refractivity contribution in [3.8, 4) is 11.5 Å². The molecule has 0 amide bonds. The number of anilines is 2. The van der Waals surface area contributed by atoms with Crippen LogP contribution in [0.15, 0.2) is 66.4 Å². The van der Waals surface area contributed by atoms with Crippen molar-refractivity contribution >= 4 is 44.7 Å². The quantitative estimate of drug-likeness (QED) is 0.282. The predicted octanol–water partition coefficient (Wildman–Crippen LogP) is 6.38. The van der Waals surface area contributed by atoms with Crippen LogP contribution < -0.4 is 14.4 Å². The van der Waals surface area contributed by atoms with Crippen LogP contribution in [0.3, 0.4) is 0 Å². The minimum atomic E-state index is -3.47. The van der Waals surface area contributed by atoms with E-state index in [2.05, 4.69) is 45.5 Å². The fourth-order valence-corrected chi connectivity index (χ4v) is 6.31. The third-order valence-corrected chi connectivity index (χ3v) is 8.81. The SMILES string of the molecule is CC1(C)CCC(CN2CCN(c3ccc(C(=O)O)c(Oc4ccc(NS(C)(=O)=O)nc4)c3)CC2)=C(c2ccc(Cl)cc2)C1. The van der Waals surface area contributed by atoms with E-state index in [1.165, 1.54) is 41.5 Å². The van der Waals surface area contributed by atoms with Crippen molar-refractivity contribution in [3.63, 3.8) is 0 Å². The second-order valence-electron chi connectivity index (χ2n) is 12.0. The maximum absolute atomic E-state index is 11.9. The van der Waals surface area contributed by atoms with Crippen LogP contribution in [-0.4, -0.2) is 68.4 Å². The number of halogens is 1. The molecule has 2 N–H and O–H groups in total. The summed E-state index contributed by atoms with van der Waals surface area (Å²) in [6, 6.07) is 16.3. The standard InChI is InChI=1S/C32H37ClN4O5S/c1-32(2)13-12-23(28(19-32)22-4-6-24(33)7-5-22)21-36-14-16-37(17-15-36)25-8-10-27(31(38)39)29(18-25)42-26-9-11-30(34-20-26)35-43(3,40)41/h4-11,18,20H,12-17,19,21H2,1-3H3,(H,34,35)(H,38,39). The minimum Gasteiger partial charge on any atom is -0.478 e. The van der Waals surface area contributed by atoms with Crippen molar-refractivity contribution in [1.29, 1.82) is 0 Å². The van der Waals surface area contributed by atoms with Crippen molar-refractivity contribution in [2.75, 3.05) is 48.6 Å². The van der Waals surface area contributed by atoms with Gasteiger partial charge in [0.2, 0.25) is 10.0 Å². The zero-order valence-corrected chi connectivity index (χ0v) is 26.2. The number of piperazine rings is 1. The third-order valence-electron chi connectivity index (χ3n) is 7.98. The molecule has 1 saturated heterocycles. The number of hydrogen-bond acceptors (Lipinski definition) is 7. The van der Waals surface area contributed by atoms with E-state index < -0.39 is 16.0 Å². The van der Waals surface area contributed by atoms with Gasteiger partial charge in [-0.05, 0) is 72.2 Å². The number of carbonyl (C=O) groups is 1. The molecule has 0 unspecified atom stereocenters. The lowest BCUT2D eigenvalue weighted by Crippen LogP contribution is -2.47. The van der Waals surface area contributed by atoms with E-state index in [0.29, 0.717) is 5.75 Å². The van der Waals surface area contributed by atoms with E-state index in [9.17, 15) is 18.3 Å². The Balaban J connectivity index is 1.28. The Morgan fingerprint density at radius 1 is 1.07 bits per heavy atom. The van der Waals surface area contributed by atoms with E-state index in [0.717, 1.165) is 62.5 Å². The Hall–Kier alpha value is -3.60. The van der Waals surface area contributed by atoms with Crippen LogP contribution in [0.5, 0.6) is 11.5 Å². The molecule has 0 saturated carbocycles. The number of aromatic carboxylic acids is 1. The van der Waals surface area contributed by atoms with Crippen LogP contribution in [0.1, 0.15) is 49.0 Å². The maximum Gasteiger partial charge on any atom is 0.339 e. The number of carboxylic acid groups (broad SMARTS) is 1. The van der Waals surface area contributed by atoms with E-state index in [1.807, 2.05) is 18.2 Å². The Labute approximate surface area is 258 Å². The zero-order valence-electron chi connectivity index (χ0n) is 24.6. The first kappa shape index (κ1) is 30.8. The zero-order chi connectivity index (χ0) is 30.8. The number of ether oxygens (including phenoxy) is 1. The van der Waals surface area contributed by atoms with Crippen LogP contribution in [0, 0.1) is 5.41 Å². The molecule has 0 bridgehead atoms. The Kier molecular flexibility index (Phi) is 9.01. The van der Waals surface area contributed by atoms with Crippen molar-refractivity contribution < 1.29 is 23.1 Å². The highest BCUT2D eigenvalue weighted by molar-refractivity contribution is 7.92. The van der Waals surface area contributed by atoms with Gasteiger partial charge in [-0.25, -0.2) is 18.2 Å². The largest absolute Gasteiger partial charge is 0.478 e. The summed E-state index contributed by atoms with van der Waals surface area (Å²) in [4.78, 5) is 20.7. The molecule has 43 heavy (non-hydrogen) atoms. The normalized spacial score (nSPS) is 17.5. The number of allylic oxidation sites excluding steroid dienone is 1. The third kappa shape index (κ3) is 8.07. The lowest BCUT2D eigenvalue weighted by atomic mass is 9.72. The maximum atomic E-state index is 11.9. The first-order chi connectivity index (χ1) is 20.3. The average molecular weight is 625 g/mol. The molecule has 9 nitrogen and oxygen atoms in total. The summed E-state index contributed by atoms with van der Waals surface area (Å²) in [6.45, 7) is 8.99. The van der Waals surface area contributed by atoms with Crippen LogP contribution in [0.4, 0.5) is 11.5 Å². The summed E-state index contributed by atoms with van der Waals surface area (Å²) in [5.74, 6) is -0.465. The number of hydrogen-bond donors (Lipinski definition) is 2. The summed E-state index contributed by atoms with van der Waals surface area (Å²) >= 11 is 6.17. The molecule has 0 radical (unpaired) electrons. The van der Waals surface area contributed by atoms with Crippen molar-refractivity contribution in [2.24, 2.45) is 5.41 Å². The number of benzene rings is 2. The van der Waals surface area contributed by atoms with Gasteiger partial charge in [-0.3, -0.25) is 9.62 Å². The number of carboxylic acids is 1. The number of sulfonamides is 1. The molecule has 2 heterocycles. The second-order valence-corrected chi connectivity index (χ2v) is 14.2. The Morgan fingerprint density at radius 3 is 2.42 bits per heavy atom. The fraction of sp³-hybridized carbons (Fsp3) is 0.375. The highest BCUT2D eigenvalue weighted by Gasteiger charge is 2.29. The Morgan fingerprint density at radius 2 is 1.79 bits per heavy atom. The lowest BCUT2D eigenvalue weighted by molar-refractivity contribution is 0.0694. The molecule has 2 aliphatic rings. The molecule has 0 spiro atoms. The van der Waals surface area contributed by atoms with Crippen molar-refractivity contribution in [2.45, 2.75) is 33.1 Å². The monoisotopic (exact) mass is 624 g/mol. The molecule has 11 heteroatoms. The first-order valence-electron chi connectivity index (χ1n) is 14.3. The molecule has 2 aromatic carbocycles. The molecular weight excluding hydrogens is 588 g/mol. The fourth-order valence-electron chi connectivity index (χ4n) is 5.68. The molecule has 1 aromatic heterocycles. The van der Waals surface area contributed by atoms with Gasteiger partial charge in [0.25, 0.3) is 0 Å². The van der Waals surface area contributed by atoms with Crippen LogP contribution in [-0.2, 0) is 10.0 Å². The minimum absolute atomic E-state index is 0.0302. The molecule has 228 valence electrons. The van der Waals surface area contributed by atoms with Crippen molar-refractivity contribution in [3.05, 3.63) is 82.5 Å². The molecule has 3 aromatic rings. The topological polar surface area (TPSA) is 112 Å². The molecule has 1 aliphatic carbocycles. The van der Waals surface area contributed by atoms with Crippen LogP contribution >= 0.6 is 11.6 Å². The first-order valence-corrected chi connectivity index (χ1v) is 16.6. The number of aromatic nitrogens is 1. The van der Waals surface area contributed by atoms with Crippen LogP contribution in [0.25, 0.3) is 5.57 Å². The Bertz CT molecular complexity index is 1610. The molecule has 5 rings (SSSR count). The van der Waals surface area contributed by atoms with Gasteiger partial charge < -0.3 is 14.7 Å². The molecule has 1 fully saturated rings. The highest BCUT2D eigenvalue weighted by atomic mass is 35.5. The van der Waals surface area contributed by atoms with Gasteiger partial charge in [0.1, 0.15) is 22.9 Å². The highest BCUT2D eigenvalue weighted by Crippen LogP contribution is 2.43. The summed E-state index contributed by atoms with van der Waals surface area (Å²) in [7, 11) is -3.47. The van der Waals surface area contributed by atoms with Gasteiger partial charge in [-0.15, -0.1) is 0 Å². The van der Waals surface area contributed by atoms with Gasteiger partial charge in [-0.1, -0.05) is 43.2 Å². The summed E-state index contributed by atoms with van der Waals surface area (Å²) in [6.07, 6.45) is 5.70. The van der Waals surface area contributed by atoms with Gasteiger partial charge in [0.15, 0.2) is 0 Å². The number of nitrogens with one attached hydrogen (secondary N) is 1. The average Bonchev–Trinajstić information content (AvgIpc) is 2.95. The predicted molar refractivity (Wildman–Crippen MR) is 171 cm³/mol. The number of rotatable bonds is 9. The van der Waals surface area contributed by atoms with E-state index in [-0.39, 0.29) is 22.5 Å². The summed E-state index contributed by atoms with van der Waals surface area (Å²) in [5, 5.41) is 10.5. The smallest absolute Gasteiger partial charge is 0.339 e. The van der Waals surface area contributed by atoms with E-state index in [4.69, 9.17) is 16.3 Å².